The maximum atomic E-state index is 12.5. The fraction of sp³-hybridized carbons (Fsp3) is 0.500. The lowest BCUT2D eigenvalue weighted by Crippen LogP contribution is -2.37. The van der Waals surface area contributed by atoms with Gasteiger partial charge in [-0.2, -0.15) is 0 Å². The number of carbonyl (C=O) groups excluding carboxylic acids is 2. The van der Waals surface area contributed by atoms with E-state index in [1.54, 1.807) is 13.8 Å². The second kappa shape index (κ2) is 9.91. The number of esters is 2. The van der Waals surface area contributed by atoms with E-state index in [-0.39, 0.29) is 25.0 Å². The van der Waals surface area contributed by atoms with Crippen molar-refractivity contribution in [1.29, 1.82) is 0 Å². The maximum Gasteiger partial charge on any atom is 0.320 e. The molecule has 0 unspecified atom stereocenters. The summed E-state index contributed by atoms with van der Waals surface area (Å²) >= 11 is 0. The number of carbonyl (C=O) groups is 2. The first-order chi connectivity index (χ1) is 11.4. The summed E-state index contributed by atoms with van der Waals surface area (Å²) in [5, 5.41) is 0. The van der Waals surface area contributed by atoms with Crippen molar-refractivity contribution in [3.05, 3.63) is 48.0 Å². The van der Waals surface area contributed by atoms with Gasteiger partial charge in [0.2, 0.25) is 0 Å². The van der Waals surface area contributed by atoms with Gasteiger partial charge in [-0.05, 0) is 44.6 Å². The Labute approximate surface area is 144 Å². The molecule has 0 aliphatic carbocycles. The first kappa shape index (κ1) is 19.9. The Kier molecular flexibility index (Phi) is 8.24. The fourth-order valence-electron chi connectivity index (χ4n) is 2.90. The number of hydrogen-bond donors (Lipinski definition) is 0. The van der Waals surface area contributed by atoms with Crippen molar-refractivity contribution in [2.45, 2.75) is 40.0 Å². The summed E-state index contributed by atoms with van der Waals surface area (Å²) in [7, 11) is 0. The van der Waals surface area contributed by atoms with Gasteiger partial charge in [0.25, 0.3) is 0 Å². The van der Waals surface area contributed by atoms with Gasteiger partial charge in [0, 0.05) is 0 Å². The molecule has 0 bridgehead atoms. The molecule has 0 saturated heterocycles. The van der Waals surface area contributed by atoms with E-state index in [9.17, 15) is 9.59 Å². The third-order valence-electron chi connectivity index (χ3n) is 4.06. The lowest BCUT2D eigenvalue weighted by Gasteiger charge is -2.29. The molecule has 132 valence electrons. The Morgan fingerprint density at radius 2 is 1.54 bits per heavy atom. The van der Waals surface area contributed by atoms with Crippen LogP contribution >= 0.6 is 0 Å². The minimum Gasteiger partial charge on any atom is -0.465 e. The minimum absolute atomic E-state index is 0.0123. The van der Waals surface area contributed by atoms with Gasteiger partial charge in [-0.1, -0.05) is 42.8 Å². The predicted molar refractivity (Wildman–Crippen MR) is 94.5 cm³/mol. The van der Waals surface area contributed by atoms with Crippen LogP contribution in [0.15, 0.2) is 42.5 Å². The van der Waals surface area contributed by atoms with Crippen molar-refractivity contribution in [2.24, 2.45) is 11.8 Å². The van der Waals surface area contributed by atoms with Crippen LogP contribution in [-0.2, 0) is 19.1 Å². The number of rotatable bonds is 9. The molecule has 0 aliphatic rings. The quantitative estimate of drug-likeness (QED) is 0.388. The molecule has 0 N–H and O–H groups in total. The van der Waals surface area contributed by atoms with Crippen molar-refractivity contribution in [2.75, 3.05) is 13.2 Å². The van der Waals surface area contributed by atoms with Gasteiger partial charge in [-0.25, -0.2) is 0 Å². The average Bonchev–Trinajstić information content (AvgIpc) is 2.54. The molecule has 0 amide bonds. The van der Waals surface area contributed by atoms with Crippen LogP contribution in [0.2, 0.25) is 0 Å². The molecule has 1 aromatic carbocycles. The zero-order chi connectivity index (χ0) is 18.1. The van der Waals surface area contributed by atoms with Crippen LogP contribution in [0, 0.1) is 11.8 Å². The molecule has 0 fully saturated rings. The summed E-state index contributed by atoms with van der Waals surface area (Å²) in [4.78, 5) is 24.9. The highest BCUT2D eigenvalue weighted by Crippen LogP contribution is 2.36. The smallest absolute Gasteiger partial charge is 0.320 e. The molecule has 4 nitrogen and oxygen atoms in total. The molecule has 0 heterocycles. The maximum absolute atomic E-state index is 12.5. The molecule has 1 aromatic rings. The van der Waals surface area contributed by atoms with Crippen molar-refractivity contribution in [3.63, 3.8) is 0 Å². The van der Waals surface area contributed by atoms with Crippen LogP contribution in [0.4, 0.5) is 0 Å². The molecular formula is C20H28O4. The Morgan fingerprint density at radius 1 is 1.04 bits per heavy atom. The Hall–Kier alpha value is -2.10. The zero-order valence-corrected chi connectivity index (χ0v) is 15.1. The Balaban J connectivity index is 3.22. The summed E-state index contributed by atoms with van der Waals surface area (Å²) in [5.41, 5.74) is 1.99. The van der Waals surface area contributed by atoms with Crippen LogP contribution in [-0.4, -0.2) is 25.2 Å². The van der Waals surface area contributed by atoms with Crippen molar-refractivity contribution >= 4 is 11.9 Å². The third-order valence-corrected chi connectivity index (χ3v) is 4.06. The molecular weight excluding hydrogens is 304 g/mol. The number of hydrogen-bond acceptors (Lipinski definition) is 4. The van der Waals surface area contributed by atoms with Gasteiger partial charge in [0.15, 0.2) is 5.92 Å². The first-order valence-electron chi connectivity index (χ1n) is 8.44. The Bertz CT molecular complexity index is 532. The summed E-state index contributed by atoms with van der Waals surface area (Å²) in [6.07, 6.45) is 0.554. The third kappa shape index (κ3) is 5.52. The first-order valence-corrected chi connectivity index (χ1v) is 8.44. The molecule has 0 spiro atoms. The minimum atomic E-state index is -0.947. The topological polar surface area (TPSA) is 52.6 Å². The average molecular weight is 332 g/mol. The lowest BCUT2D eigenvalue weighted by molar-refractivity contribution is -0.164. The van der Waals surface area contributed by atoms with E-state index in [1.165, 1.54) is 0 Å². The second-order valence-corrected chi connectivity index (χ2v) is 6.01. The molecule has 1 rings (SSSR count). The number of benzene rings is 1. The van der Waals surface area contributed by atoms with Crippen molar-refractivity contribution < 1.29 is 19.1 Å². The largest absolute Gasteiger partial charge is 0.465 e. The van der Waals surface area contributed by atoms with E-state index in [0.29, 0.717) is 6.42 Å². The summed E-state index contributed by atoms with van der Waals surface area (Å²) < 4.78 is 10.3. The van der Waals surface area contributed by atoms with Crippen LogP contribution in [0.1, 0.15) is 45.6 Å². The van der Waals surface area contributed by atoms with Gasteiger partial charge >= 0.3 is 11.9 Å². The van der Waals surface area contributed by atoms with E-state index < -0.39 is 17.9 Å². The van der Waals surface area contributed by atoms with Gasteiger partial charge in [-0.15, -0.1) is 6.58 Å². The standard InChI is InChI=1S/C20H28O4/c1-6-23-19(21)18(20(22)24-7-2)17(13-14(3)4)15(5)16-11-9-8-10-12-16/h8-12,15,17-18H,3,6-7,13H2,1-2,4-5H3/t15-,17+/m1/s1. The number of ether oxygens (including phenoxy) is 2. The molecule has 0 radical (unpaired) electrons. The molecule has 0 saturated carbocycles. The molecule has 0 aliphatic heterocycles. The summed E-state index contributed by atoms with van der Waals surface area (Å²) in [5.74, 6) is -2.27. The van der Waals surface area contributed by atoms with E-state index in [4.69, 9.17) is 9.47 Å². The summed E-state index contributed by atoms with van der Waals surface area (Å²) in [6.45, 7) is 11.8. The van der Waals surface area contributed by atoms with Gasteiger partial charge in [-0.3, -0.25) is 9.59 Å². The van der Waals surface area contributed by atoms with E-state index in [0.717, 1.165) is 11.1 Å². The fourth-order valence-corrected chi connectivity index (χ4v) is 2.90. The molecule has 0 aromatic heterocycles. The van der Waals surface area contributed by atoms with Crippen molar-refractivity contribution in [1.82, 2.24) is 0 Å². The van der Waals surface area contributed by atoms with Crippen LogP contribution in [0.5, 0.6) is 0 Å². The van der Waals surface area contributed by atoms with Crippen LogP contribution in [0.3, 0.4) is 0 Å². The number of allylic oxidation sites excluding steroid dienone is 1. The SMILES string of the molecule is C=C(C)C[C@H](C(C(=O)OCC)C(=O)OCC)[C@H](C)c1ccccc1. The van der Waals surface area contributed by atoms with E-state index in [1.807, 2.05) is 44.2 Å². The van der Waals surface area contributed by atoms with Gasteiger partial charge < -0.3 is 9.47 Å². The molecule has 2 atom stereocenters. The normalized spacial score (nSPS) is 13.2. The summed E-state index contributed by atoms with van der Waals surface area (Å²) in [6, 6.07) is 9.85. The van der Waals surface area contributed by atoms with Crippen molar-refractivity contribution in [3.8, 4) is 0 Å². The highest BCUT2D eigenvalue weighted by molar-refractivity contribution is 5.95. The Morgan fingerprint density at radius 3 is 1.96 bits per heavy atom. The monoisotopic (exact) mass is 332 g/mol. The zero-order valence-electron chi connectivity index (χ0n) is 15.1. The molecule has 24 heavy (non-hydrogen) atoms. The second-order valence-electron chi connectivity index (χ2n) is 6.01. The van der Waals surface area contributed by atoms with E-state index >= 15 is 0 Å². The highest BCUT2D eigenvalue weighted by atomic mass is 16.6. The van der Waals surface area contributed by atoms with Gasteiger partial charge in [0.1, 0.15) is 0 Å². The highest BCUT2D eigenvalue weighted by Gasteiger charge is 2.40. The van der Waals surface area contributed by atoms with Crippen LogP contribution < -0.4 is 0 Å². The van der Waals surface area contributed by atoms with Gasteiger partial charge in [0.05, 0.1) is 13.2 Å². The van der Waals surface area contributed by atoms with Crippen LogP contribution in [0.25, 0.3) is 0 Å². The predicted octanol–water partition coefficient (Wildman–Crippen LogP) is 4.11. The van der Waals surface area contributed by atoms with E-state index in [2.05, 4.69) is 6.58 Å². The lowest BCUT2D eigenvalue weighted by atomic mass is 9.75. The molecule has 4 heteroatoms.